The lowest BCUT2D eigenvalue weighted by molar-refractivity contribution is -0.128. The molecule has 3 amide bonds. The Bertz CT molecular complexity index is 261. The zero-order valence-electron chi connectivity index (χ0n) is 7.18. The highest BCUT2D eigenvalue weighted by Crippen LogP contribution is 2.34. The highest BCUT2D eigenvalue weighted by atomic mass is 127. The van der Waals surface area contributed by atoms with Crippen LogP contribution in [-0.4, -0.2) is 20.6 Å². The van der Waals surface area contributed by atoms with E-state index < -0.39 is 5.54 Å². The van der Waals surface area contributed by atoms with Gasteiger partial charge in [0.05, 0.1) is 22.9 Å². The van der Waals surface area contributed by atoms with Crippen molar-refractivity contribution >= 4 is 34.8 Å². The van der Waals surface area contributed by atoms with Gasteiger partial charge in [-0.15, -0.1) is 0 Å². The van der Waals surface area contributed by atoms with Crippen molar-refractivity contribution in [3.8, 4) is 0 Å². The van der Waals surface area contributed by atoms with Gasteiger partial charge in [0.2, 0.25) is 0 Å². The number of carbonyl (C=O) groups excluding carboxylic acids is 2. The molecule has 0 radical (unpaired) electrons. The van der Waals surface area contributed by atoms with Crippen LogP contribution in [0.5, 0.6) is 0 Å². The first-order valence-electron chi connectivity index (χ1n) is 4.48. The fourth-order valence-electron chi connectivity index (χ4n) is 2.08. The molecule has 1 heterocycles. The molecular formula is C8H11IN2O2. The van der Waals surface area contributed by atoms with E-state index in [9.17, 15) is 9.59 Å². The molecule has 2 rings (SSSR count). The van der Waals surface area contributed by atoms with E-state index in [2.05, 4.69) is 5.32 Å². The molecule has 72 valence electrons. The van der Waals surface area contributed by atoms with Crippen LogP contribution in [0, 0.1) is 0 Å². The lowest BCUT2D eigenvalue weighted by Crippen LogP contribution is -2.47. The summed E-state index contributed by atoms with van der Waals surface area (Å²) >= 11 is 1.77. The van der Waals surface area contributed by atoms with E-state index >= 15 is 0 Å². The molecule has 2 aliphatic rings. The number of nitrogens with zero attached hydrogens (tertiary/aromatic N) is 1. The lowest BCUT2D eigenvalue weighted by Gasteiger charge is -2.29. The van der Waals surface area contributed by atoms with Gasteiger partial charge in [-0.1, -0.05) is 19.3 Å². The summed E-state index contributed by atoms with van der Waals surface area (Å²) in [7, 11) is 0. The van der Waals surface area contributed by atoms with Crippen LogP contribution in [0.2, 0.25) is 0 Å². The number of hydrogen-bond donors (Lipinski definition) is 1. The van der Waals surface area contributed by atoms with Crippen molar-refractivity contribution in [2.75, 3.05) is 0 Å². The van der Waals surface area contributed by atoms with E-state index in [4.69, 9.17) is 0 Å². The fraction of sp³-hybridized carbons (Fsp3) is 0.750. The number of carbonyl (C=O) groups is 2. The van der Waals surface area contributed by atoms with E-state index in [0.717, 1.165) is 25.7 Å². The van der Waals surface area contributed by atoms with E-state index in [1.807, 2.05) is 0 Å². The summed E-state index contributed by atoms with van der Waals surface area (Å²) < 4.78 is 1.17. The Labute approximate surface area is 90.5 Å². The largest absolute Gasteiger partial charge is 0.334 e. The smallest absolute Gasteiger partial charge is 0.322 e. The van der Waals surface area contributed by atoms with Gasteiger partial charge in [0.1, 0.15) is 5.54 Å². The Morgan fingerprint density at radius 1 is 1.23 bits per heavy atom. The minimum absolute atomic E-state index is 0.0576. The molecule has 5 heteroatoms. The molecular weight excluding hydrogens is 283 g/mol. The maximum Gasteiger partial charge on any atom is 0.334 e. The van der Waals surface area contributed by atoms with Crippen molar-refractivity contribution in [1.29, 1.82) is 0 Å². The van der Waals surface area contributed by atoms with E-state index in [0.29, 0.717) is 0 Å². The third-order valence-electron chi connectivity index (χ3n) is 2.82. The molecule has 1 saturated carbocycles. The van der Waals surface area contributed by atoms with Crippen LogP contribution < -0.4 is 5.32 Å². The fourth-order valence-corrected chi connectivity index (χ4v) is 2.66. The van der Waals surface area contributed by atoms with Gasteiger partial charge in [0.25, 0.3) is 5.91 Å². The summed E-state index contributed by atoms with van der Waals surface area (Å²) in [6.45, 7) is 0. The lowest BCUT2D eigenvalue weighted by atomic mass is 9.82. The molecule has 0 bridgehead atoms. The highest BCUT2D eigenvalue weighted by molar-refractivity contribution is 14.1. The van der Waals surface area contributed by atoms with Crippen molar-refractivity contribution in [2.45, 2.75) is 37.6 Å². The molecule has 0 atom stereocenters. The summed E-state index contributed by atoms with van der Waals surface area (Å²) in [4.78, 5) is 23.0. The minimum atomic E-state index is -0.545. The molecule has 0 aromatic heterocycles. The predicted octanol–water partition coefficient (Wildman–Crippen LogP) is 1.59. The average Bonchev–Trinajstić information content (AvgIpc) is 2.33. The summed E-state index contributed by atoms with van der Waals surface area (Å²) in [5, 5.41) is 2.80. The van der Waals surface area contributed by atoms with Crippen molar-refractivity contribution in [3.05, 3.63) is 0 Å². The standard InChI is InChI=1S/C8H11IN2O2/c9-11-6(12)8(10-7(11)13)4-2-1-3-5-8/h1-5H2,(H,10,13). The Kier molecular flexibility index (Phi) is 2.21. The molecule has 1 saturated heterocycles. The number of rotatable bonds is 0. The summed E-state index contributed by atoms with van der Waals surface area (Å²) in [5.74, 6) is -0.0576. The summed E-state index contributed by atoms with van der Waals surface area (Å²) in [6.07, 6.45) is 4.85. The monoisotopic (exact) mass is 294 g/mol. The number of nitrogens with one attached hydrogen (secondary N) is 1. The SMILES string of the molecule is O=C1NC2(CCCCC2)C(=O)N1I. The van der Waals surface area contributed by atoms with Crippen LogP contribution in [0.4, 0.5) is 4.79 Å². The van der Waals surface area contributed by atoms with Gasteiger partial charge in [0.15, 0.2) is 0 Å². The second-order valence-corrected chi connectivity index (χ2v) is 4.62. The third kappa shape index (κ3) is 1.33. The van der Waals surface area contributed by atoms with Gasteiger partial charge in [-0.25, -0.2) is 7.91 Å². The number of hydrogen-bond acceptors (Lipinski definition) is 2. The summed E-state index contributed by atoms with van der Waals surface area (Å²) in [6, 6.07) is -0.257. The maximum absolute atomic E-state index is 11.7. The first-order valence-corrected chi connectivity index (χ1v) is 5.45. The molecule has 1 N–H and O–H groups in total. The molecule has 13 heavy (non-hydrogen) atoms. The third-order valence-corrected chi connectivity index (χ3v) is 3.70. The maximum atomic E-state index is 11.7. The van der Waals surface area contributed by atoms with Crippen LogP contribution in [0.15, 0.2) is 0 Å². The van der Waals surface area contributed by atoms with Crippen LogP contribution >= 0.6 is 22.9 Å². The topological polar surface area (TPSA) is 49.4 Å². The normalized spacial score (nSPS) is 26.7. The van der Waals surface area contributed by atoms with Crippen LogP contribution in [-0.2, 0) is 4.79 Å². The van der Waals surface area contributed by atoms with Gasteiger partial charge in [-0.3, -0.25) is 4.79 Å². The van der Waals surface area contributed by atoms with E-state index in [1.165, 1.54) is 9.53 Å². The van der Waals surface area contributed by atoms with E-state index in [-0.39, 0.29) is 11.9 Å². The Morgan fingerprint density at radius 2 is 1.85 bits per heavy atom. The van der Waals surface area contributed by atoms with Crippen molar-refractivity contribution in [3.63, 3.8) is 0 Å². The number of halogens is 1. The Morgan fingerprint density at radius 3 is 2.31 bits per heavy atom. The first-order chi connectivity index (χ1) is 6.16. The Hall–Kier alpha value is -0.330. The van der Waals surface area contributed by atoms with Gasteiger partial charge in [0, 0.05) is 0 Å². The van der Waals surface area contributed by atoms with Gasteiger partial charge >= 0.3 is 6.03 Å². The number of amides is 3. The first kappa shape index (κ1) is 9.23. The van der Waals surface area contributed by atoms with E-state index in [1.54, 1.807) is 22.9 Å². The molecule has 4 nitrogen and oxygen atoms in total. The number of urea groups is 1. The second-order valence-electron chi connectivity index (χ2n) is 3.66. The van der Waals surface area contributed by atoms with Crippen molar-refractivity contribution in [1.82, 2.24) is 8.43 Å². The molecule has 1 aliphatic heterocycles. The minimum Gasteiger partial charge on any atom is -0.322 e. The van der Waals surface area contributed by atoms with Crippen LogP contribution in [0.1, 0.15) is 32.1 Å². The zero-order valence-corrected chi connectivity index (χ0v) is 9.33. The highest BCUT2D eigenvalue weighted by Gasteiger charge is 2.50. The van der Waals surface area contributed by atoms with Crippen LogP contribution in [0.25, 0.3) is 0 Å². The molecule has 2 fully saturated rings. The van der Waals surface area contributed by atoms with Crippen LogP contribution in [0.3, 0.4) is 0 Å². The quantitative estimate of drug-likeness (QED) is 0.419. The van der Waals surface area contributed by atoms with Gasteiger partial charge in [-0.05, 0) is 12.8 Å². The van der Waals surface area contributed by atoms with Crippen molar-refractivity contribution < 1.29 is 9.59 Å². The molecule has 0 aromatic carbocycles. The summed E-state index contributed by atoms with van der Waals surface area (Å²) in [5.41, 5.74) is -0.545. The molecule has 1 spiro atoms. The number of imide groups is 1. The molecule has 0 unspecified atom stereocenters. The second kappa shape index (κ2) is 3.11. The molecule has 1 aliphatic carbocycles. The average molecular weight is 294 g/mol. The predicted molar refractivity (Wildman–Crippen MR) is 55.2 cm³/mol. The Balaban J connectivity index is 2.23. The van der Waals surface area contributed by atoms with Gasteiger partial charge in [-0.2, -0.15) is 0 Å². The van der Waals surface area contributed by atoms with Gasteiger partial charge < -0.3 is 5.32 Å². The molecule has 0 aromatic rings. The van der Waals surface area contributed by atoms with Crippen molar-refractivity contribution in [2.24, 2.45) is 0 Å². The zero-order chi connectivity index (χ0) is 9.47.